The normalized spacial score (nSPS) is 27.2. The first-order valence-electron chi connectivity index (χ1n) is 20.4. The largest absolute Gasteiger partial charge is 0.546 e. The number of carbonyl (C=O) groups excluding carboxylic acids is 1. The standard InChI is InChI=1S/C45H64O5Si2/c1-8-12-13-14-15-18-23-35-34-40-44(31-33-48-52(43(5,6)7,36-24-19-16-20-25-36)37-26-21-17-22-27-37)30-28-39(50-51(9-2,10-3)11-4)41-38(35)29-32-47-45(40,41)49-42(44)46/h8,12,16-17,19-22,24-28,34-35,38,41H,9-11,13-15,18,23,29-33H2,1-7H3/b12-8+/t35-,38-,41+,44+,45+/m0/s1. The van der Waals surface area contributed by atoms with Gasteiger partial charge in [0.05, 0.1) is 18.3 Å². The third-order valence-corrected chi connectivity index (χ3v) is 22.8. The van der Waals surface area contributed by atoms with Gasteiger partial charge in [0, 0.05) is 12.2 Å². The summed E-state index contributed by atoms with van der Waals surface area (Å²) in [6.45, 7) is 17.0. The fraction of sp³-hybridized carbons (Fsp3) is 0.578. The Kier molecular flexibility index (Phi) is 12.0. The number of carbonyl (C=O) groups is 1. The number of hydrogen-bond donors (Lipinski definition) is 0. The first-order valence-corrected chi connectivity index (χ1v) is 24.9. The van der Waals surface area contributed by atoms with Crippen molar-refractivity contribution in [3.63, 3.8) is 0 Å². The summed E-state index contributed by atoms with van der Waals surface area (Å²) in [5.41, 5.74) is 0.207. The van der Waals surface area contributed by atoms with Crippen LogP contribution in [-0.4, -0.2) is 41.6 Å². The first-order chi connectivity index (χ1) is 25.1. The Labute approximate surface area is 316 Å². The molecule has 7 heteroatoms. The molecule has 6 rings (SSSR count). The maximum atomic E-state index is 14.6. The number of benzene rings is 2. The molecule has 0 unspecified atom stereocenters. The molecule has 2 aromatic rings. The average molecular weight is 741 g/mol. The quantitative estimate of drug-likeness (QED) is 0.0700. The number of rotatable bonds is 17. The maximum Gasteiger partial charge on any atom is 0.319 e. The van der Waals surface area contributed by atoms with E-state index in [0.717, 1.165) is 48.7 Å². The summed E-state index contributed by atoms with van der Waals surface area (Å²) in [5.74, 6) is 0.396. The van der Waals surface area contributed by atoms with E-state index in [9.17, 15) is 4.79 Å². The van der Waals surface area contributed by atoms with Crippen LogP contribution in [0, 0.1) is 23.2 Å². The fourth-order valence-electron chi connectivity index (χ4n) is 10.1. The number of allylic oxidation sites excluding steroid dienone is 4. The van der Waals surface area contributed by atoms with Crippen LogP contribution >= 0.6 is 0 Å². The van der Waals surface area contributed by atoms with Gasteiger partial charge in [0.25, 0.3) is 8.32 Å². The minimum absolute atomic E-state index is 0.100. The molecule has 2 aliphatic carbocycles. The summed E-state index contributed by atoms with van der Waals surface area (Å²) in [5, 5.41) is 2.34. The van der Waals surface area contributed by atoms with Crippen LogP contribution in [0.15, 0.2) is 96.3 Å². The molecule has 2 saturated heterocycles. The van der Waals surface area contributed by atoms with Gasteiger partial charge in [0.15, 0.2) is 0 Å². The highest BCUT2D eigenvalue weighted by molar-refractivity contribution is 6.99. The summed E-state index contributed by atoms with van der Waals surface area (Å²) in [6.07, 6.45) is 17.1. The number of ether oxygens (including phenoxy) is 2. The van der Waals surface area contributed by atoms with Crippen LogP contribution in [0.4, 0.5) is 0 Å². The lowest BCUT2D eigenvalue weighted by molar-refractivity contribution is -0.253. The lowest BCUT2D eigenvalue weighted by Gasteiger charge is -2.51. The van der Waals surface area contributed by atoms with Crippen molar-refractivity contribution in [3.8, 4) is 0 Å². The molecular formula is C45H64O5Si2. The zero-order chi connectivity index (χ0) is 37.0. The molecule has 0 aromatic heterocycles. The minimum atomic E-state index is -2.81. The molecule has 2 fully saturated rings. The summed E-state index contributed by atoms with van der Waals surface area (Å²) in [4.78, 5) is 14.6. The lowest BCUT2D eigenvalue weighted by atomic mass is 9.61. The highest BCUT2D eigenvalue weighted by atomic mass is 28.4. The van der Waals surface area contributed by atoms with Crippen molar-refractivity contribution in [1.82, 2.24) is 0 Å². The van der Waals surface area contributed by atoms with Gasteiger partial charge in [-0.2, -0.15) is 0 Å². The number of unbranched alkanes of at least 4 members (excludes halogenated alkanes) is 3. The fourth-order valence-corrected chi connectivity index (χ4v) is 17.3. The van der Waals surface area contributed by atoms with Crippen molar-refractivity contribution >= 4 is 33.0 Å². The average Bonchev–Trinajstić information content (AvgIpc) is 3.33. The van der Waals surface area contributed by atoms with E-state index in [2.05, 4.69) is 133 Å². The van der Waals surface area contributed by atoms with Crippen LogP contribution in [0.1, 0.15) is 99.8 Å². The molecule has 0 radical (unpaired) electrons. The third-order valence-electron chi connectivity index (χ3n) is 13.2. The molecule has 4 aliphatic rings. The summed E-state index contributed by atoms with van der Waals surface area (Å²) in [6, 6.07) is 24.8. The van der Waals surface area contributed by atoms with E-state index in [-0.39, 0.29) is 16.9 Å². The van der Waals surface area contributed by atoms with Gasteiger partial charge in [0.1, 0.15) is 5.41 Å². The molecule has 282 valence electrons. The molecule has 5 nitrogen and oxygen atoms in total. The van der Waals surface area contributed by atoms with E-state index in [0.29, 0.717) is 37.9 Å². The molecule has 2 aliphatic heterocycles. The Morgan fingerprint density at radius 1 is 0.923 bits per heavy atom. The van der Waals surface area contributed by atoms with Gasteiger partial charge < -0.3 is 18.3 Å². The van der Waals surface area contributed by atoms with Crippen LogP contribution in [0.2, 0.25) is 23.2 Å². The number of esters is 1. The van der Waals surface area contributed by atoms with Crippen molar-refractivity contribution in [1.29, 1.82) is 0 Å². The van der Waals surface area contributed by atoms with Gasteiger partial charge >= 0.3 is 5.97 Å². The van der Waals surface area contributed by atoms with Gasteiger partial charge in [-0.3, -0.25) is 4.79 Å². The number of hydrogen-bond acceptors (Lipinski definition) is 5. The molecule has 0 saturated carbocycles. The predicted molar refractivity (Wildman–Crippen MR) is 217 cm³/mol. The Morgan fingerprint density at radius 3 is 2.17 bits per heavy atom. The van der Waals surface area contributed by atoms with Gasteiger partial charge in [-0.05, 0) is 96.9 Å². The lowest BCUT2D eigenvalue weighted by Crippen LogP contribution is -2.66. The van der Waals surface area contributed by atoms with E-state index in [1.807, 2.05) is 0 Å². The monoisotopic (exact) mass is 740 g/mol. The molecule has 1 spiro atoms. The van der Waals surface area contributed by atoms with Crippen LogP contribution in [0.3, 0.4) is 0 Å². The molecule has 5 bridgehead atoms. The zero-order valence-corrected chi connectivity index (χ0v) is 35.0. The highest BCUT2D eigenvalue weighted by Gasteiger charge is 2.71. The van der Waals surface area contributed by atoms with Crippen LogP contribution < -0.4 is 10.4 Å². The molecule has 0 amide bonds. The van der Waals surface area contributed by atoms with Gasteiger partial charge in [-0.1, -0.05) is 133 Å². The smallest absolute Gasteiger partial charge is 0.319 e. The topological polar surface area (TPSA) is 54.0 Å². The van der Waals surface area contributed by atoms with E-state index < -0.39 is 27.8 Å². The van der Waals surface area contributed by atoms with E-state index >= 15 is 0 Å². The van der Waals surface area contributed by atoms with Crippen LogP contribution in [0.5, 0.6) is 0 Å². The van der Waals surface area contributed by atoms with Crippen molar-refractivity contribution < 1.29 is 23.1 Å². The Morgan fingerprint density at radius 2 is 1.58 bits per heavy atom. The third kappa shape index (κ3) is 6.77. The zero-order valence-electron chi connectivity index (χ0n) is 33.0. The second-order valence-corrected chi connectivity index (χ2v) is 25.8. The minimum Gasteiger partial charge on any atom is -0.546 e. The van der Waals surface area contributed by atoms with Gasteiger partial charge in [0.2, 0.25) is 14.1 Å². The van der Waals surface area contributed by atoms with Crippen molar-refractivity contribution in [2.24, 2.45) is 23.2 Å². The first kappa shape index (κ1) is 39.0. The van der Waals surface area contributed by atoms with Crippen molar-refractivity contribution in [2.75, 3.05) is 13.2 Å². The Bertz CT molecular complexity index is 1560. The highest BCUT2D eigenvalue weighted by Crippen LogP contribution is 2.65. The van der Waals surface area contributed by atoms with Gasteiger partial charge in [-0.15, -0.1) is 0 Å². The van der Waals surface area contributed by atoms with E-state index in [1.54, 1.807) is 0 Å². The predicted octanol–water partition coefficient (Wildman–Crippen LogP) is 10.2. The Hall–Kier alpha value is -2.72. The molecular weight excluding hydrogens is 677 g/mol. The second-order valence-electron chi connectivity index (χ2n) is 16.8. The van der Waals surface area contributed by atoms with Crippen LogP contribution in [0.25, 0.3) is 0 Å². The molecule has 2 aromatic carbocycles. The molecule has 0 N–H and O–H groups in total. The summed E-state index contributed by atoms with van der Waals surface area (Å²) in [7, 11) is -4.83. The van der Waals surface area contributed by atoms with Crippen LogP contribution in [-0.2, 0) is 23.1 Å². The summed E-state index contributed by atoms with van der Waals surface area (Å²) >= 11 is 0. The second kappa shape index (κ2) is 15.9. The van der Waals surface area contributed by atoms with E-state index in [1.165, 1.54) is 29.6 Å². The molecule has 5 atom stereocenters. The Balaban J connectivity index is 1.41. The van der Waals surface area contributed by atoms with Gasteiger partial charge in [-0.25, -0.2) is 0 Å². The summed E-state index contributed by atoms with van der Waals surface area (Å²) < 4.78 is 28.3. The maximum absolute atomic E-state index is 14.6. The van der Waals surface area contributed by atoms with E-state index in [4.69, 9.17) is 18.3 Å². The molecule has 52 heavy (non-hydrogen) atoms. The SMILES string of the molecule is C/C=C/CCCCC[C@H]1C=C2[C@]3(CCO[Si](c4ccccc4)(c4ccccc4)C(C)(C)C)CC=C(O[Si](CC)(CC)CC)[C@H]4[C@H]1CCO[C@@]24OC3=O. The van der Waals surface area contributed by atoms with Crippen molar-refractivity contribution in [3.05, 3.63) is 96.3 Å². The van der Waals surface area contributed by atoms with Crippen molar-refractivity contribution in [2.45, 2.75) is 129 Å². The molecule has 2 heterocycles.